The second-order valence-corrected chi connectivity index (χ2v) is 5.60. The van der Waals surface area contributed by atoms with Crippen molar-refractivity contribution < 1.29 is 0 Å². The Morgan fingerprint density at radius 1 is 0.850 bits per heavy atom. The van der Waals surface area contributed by atoms with Gasteiger partial charge in [-0.25, -0.2) is 0 Å². The fraction of sp³-hybridized carbons (Fsp3) is 0.158. The standard InChI is InChI=1S/C19H17N/c20-19(18-12-14-7-2-4-10-16(14)18)17-11-5-8-13-6-1-3-9-15(13)17/h1-11,18-19H,12,20H2. The van der Waals surface area contributed by atoms with Crippen LogP contribution < -0.4 is 5.73 Å². The summed E-state index contributed by atoms with van der Waals surface area (Å²) in [5.74, 6) is 0.456. The fourth-order valence-electron chi connectivity index (χ4n) is 3.38. The zero-order chi connectivity index (χ0) is 13.5. The molecule has 2 N–H and O–H groups in total. The van der Waals surface area contributed by atoms with Gasteiger partial charge in [-0.3, -0.25) is 0 Å². The van der Waals surface area contributed by atoms with E-state index in [1.54, 1.807) is 0 Å². The summed E-state index contributed by atoms with van der Waals surface area (Å²) in [6.07, 6.45) is 1.10. The second kappa shape index (κ2) is 4.46. The molecule has 0 amide bonds. The highest BCUT2D eigenvalue weighted by atomic mass is 14.7. The maximum atomic E-state index is 6.58. The summed E-state index contributed by atoms with van der Waals surface area (Å²) < 4.78 is 0. The Morgan fingerprint density at radius 3 is 2.50 bits per heavy atom. The van der Waals surface area contributed by atoms with Crippen LogP contribution >= 0.6 is 0 Å². The van der Waals surface area contributed by atoms with E-state index in [0.29, 0.717) is 5.92 Å². The predicted octanol–water partition coefficient (Wildman–Crippen LogP) is 4.18. The van der Waals surface area contributed by atoms with Crippen LogP contribution in [0.15, 0.2) is 66.7 Å². The van der Waals surface area contributed by atoms with Crippen LogP contribution in [0.4, 0.5) is 0 Å². The molecule has 4 rings (SSSR count). The third-order valence-electron chi connectivity index (χ3n) is 4.51. The lowest BCUT2D eigenvalue weighted by atomic mass is 9.71. The summed E-state index contributed by atoms with van der Waals surface area (Å²) in [6.45, 7) is 0. The molecule has 0 spiro atoms. The first-order chi connectivity index (χ1) is 9.84. The van der Waals surface area contributed by atoms with E-state index < -0.39 is 0 Å². The van der Waals surface area contributed by atoms with Gasteiger partial charge in [0.25, 0.3) is 0 Å². The van der Waals surface area contributed by atoms with Crippen molar-refractivity contribution in [3.63, 3.8) is 0 Å². The highest BCUT2D eigenvalue weighted by Crippen LogP contribution is 2.43. The quantitative estimate of drug-likeness (QED) is 0.734. The Hall–Kier alpha value is -2.12. The van der Waals surface area contributed by atoms with E-state index in [9.17, 15) is 0 Å². The number of hydrogen-bond donors (Lipinski definition) is 1. The zero-order valence-electron chi connectivity index (χ0n) is 11.3. The van der Waals surface area contributed by atoms with Crippen LogP contribution in [0.25, 0.3) is 10.8 Å². The van der Waals surface area contributed by atoms with E-state index >= 15 is 0 Å². The van der Waals surface area contributed by atoms with Crippen molar-refractivity contribution in [1.29, 1.82) is 0 Å². The lowest BCUT2D eigenvalue weighted by molar-refractivity contribution is 0.502. The third-order valence-corrected chi connectivity index (χ3v) is 4.51. The van der Waals surface area contributed by atoms with E-state index in [2.05, 4.69) is 66.7 Å². The zero-order valence-corrected chi connectivity index (χ0v) is 11.3. The van der Waals surface area contributed by atoms with Crippen LogP contribution in [0.5, 0.6) is 0 Å². The van der Waals surface area contributed by atoms with Crippen molar-refractivity contribution in [3.05, 3.63) is 83.4 Å². The molecule has 1 aliphatic rings. The van der Waals surface area contributed by atoms with E-state index in [0.717, 1.165) is 6.42 Å². The number of fused-ring (bicyclic) bond motifs is 2. The molecule has 1 nitrogen and oxygen atoms in total. The summed E-state index contributed by atoms with van der Waals surface area (Å²) in [7, 11) is 0. The Morgan fingerprint density at radius 2 is 1.60 bits per heavy atom. The minimum Gasteiger partial charge on any atom is -0.323 e. The molecule has 0 aromatic heterocycles. The van der Waals surface area contributed by atoms with Crippen LogP contribution in [-0.4, -0.2) is 0 Å². The minimum absolute atomic E-state index is 0.0796. The summed E-state index contributed by atoms with van der Waals surface area (Å²) in [5.41, 5.74) is 10.7. The average Bonchev–Trinajstić information content (AvgIpc) is 2.48. The van der Waals surface area contributed by atoms with Crippen LogP contribution in [0.1, 0.15) is 28.7 Å². The Bertz CT molecular complexity index is 770. The van der Waals surface area contributed by atoms with Gasteiger partial charge in [0.15, 0.2) is 0 Å². The van der Waals surface area contributed by atoms with Gasteiger partial charge in [-0.1, -0.05) is 66.7 Å². The van der Waals surface area contributed by atoms with Gasteiger partial charge in [0.1, 0.15) is 0 Å². The Kier molecular flexibility index (Phi) is 2.61. The van der Waals surface area contributed by atoms with Crippen molar-refractivity contribution in [2.45, 2.75) is 18.4 Å². The highest BCUT2D eigenvalue weighted by Gasteiger charge is 2.31. The van der Waals surface area contributed by atoms with E-state index in [-0.39, 0.29) is 6.04 Å². The summed E-state index contributed by atoms with van der Waals surface area (Å²) in [6, 6.07) is 23.7. The normalized spacial score (nSPS) is 18.4. The smallest absolute Gasteiger partial charge is 0.0374 e. The summed E-state index contributed by atoms with van der Waals surface area (Å²) in [5, 5.41) is 2.56. The molecule has 0 saturated heterocycles. The van der Waals surface area contributed by atoms with Gasteiger partial charge < -0.3 is 5.73 Å². The molecule has 1 aliphatic carbocycles. The number of hydrogen-bond acceptors (Lipinski definition) is 1. The topological polar surface area (TPSA) is 26.0 Å². The molecule has 0 radical (unpaired) electrons. The molecule has 2 atom stereocenters. The monoisotopic (exact) mass is 259 g/mol. The van der Waals surface area contributed by atoms with E-state index in [1.807, 2.05) is 0 Å². The molecule has 0 aliphatic heterocycles. The molecule has 3 aromatic carbocycles. The molecule has 2 unspecified atom stereocenters. The lowest BCUT2D eigenvalue weighted by Gasteiger charge is -2.35. The van der Waals surface area contributed by atoms with Crippen LogP contribution in [0.3, 0.4) is 0 Å². The van der Waals surface area contributed by atoms with Crippen molar-refractivity contribution in [1.82, 2.24) is 0 Å². The van der Waals surface area contributed by atoms with E-state index in [1.165, 1.54) is 27.5 Å². The second-order valence-electron chi connectivity index (χ2n) is 5.60. The highest BCUT2D eigenvalue weighted by molar-refractivity contribution is 5.86. The maximum Gasteiger partial charge on any atom is 0.0374 e. The van der Waals surface area contributed by atoms with Gasteiger partial charge in [0.2, 0.25) is 0 Å². The molecule has 98 valence electrons. The number of benzene rings is 3. The van der Waals surface area contributed by atoms with Crippen molar-refractivity contribution in [2.24, 2.45) is 5.73 Å². The van der Waals surface area contributed by atoms with Crippen LogP contribution in [-0.2, 0) is 6.42 Å². The summed E-state index contributed by atoms with van der Waals surface area (Å²) in [4.78, 5) is 0. The Balaban J connectivity index is 1.77. The van der Waals surface area contributed by atoms with Crippen molar-refractivity contribution in [2.75, 3.05) is 0 Å². The van der Waals surface area contributed by atoms with Gasteiger partial charge in [-0.05, 0) is 33.9 Å². The maximum absolute atomic E-state index is 6.58. The fourth-order valence-corrected chi connectivity index (χ4v) is 3.38. The lowest BCUT2D eigenvalue weighted by Crippen LogP contribution is -2.29. The molecular formula is C19H17N. The molecule has 20 heavy (non-hydrogen) atoms. The van der Waals surface area contributed by atoms with Gasteiger partial charge in [-0.2, -0.15) is 0 Å². The number of rotatable bonds is 2. The van der Waals surface area contributed by atoms with Gasteiger partial charge in [0, 0.05) is 12.0 Å². The van der Waals surface area contributed by atoms with Gasteiger partial charge >= 0.3 is 0 Å². The molecule has 0 fully saturated rings. The van der Waals surface area contributed by atoms with E-state index in [4.69, 9.17) is 5.73 Å². The molecule has 0 heterocycles. The molecule has 3 aromatic rings. The molecule has 0 saturated carbocycles. The van der Waals surface area contributed by atoms with Crippen molar-refractivity contribution in [3.8, 4) is 0 Å². The Labute approximate surface area is 119 Å². The SMILES string of the molecule is NC(c1cccc2ccccc12)C1Cc2ccccc21. The van der Waals surface area contributed by atoms with Gasteiger partial charge in [0.05, 0.1) is 0 Å². The molecule has 1 heteroatoms. The third kappa shape index (κ3) is 1.67. The van der Waals surface area contributed by atoms with Crippen LogP contribution in [0.2, 0.25) is 0 Å². The largest absolute Gasteiger partial charge is 0.323 e. The van der Waals surface area contributed by atoms with Gasteiger partial charge in [-0.15, -0.1) is 0 Å². The first-order valence-corrected chi connectivity index (χ1v) is 7.15. The number of nitrogens with two attached hydrogens (primary N) is 1. The first kappa shape index (κ1) is 11.7. The predicted molar refractivity (Wildman–Crippen MR) is 83.8 cm³/mol. The summed E-state index contributed by atoms with van der Waals surface area (Å²) >= 11 is 0. The van der Waals surface area contributed by atoms with Crippen molar-refractivity contribution >= 4 is 10.8 Å². The minimum atomic E-state index is 0.0796. The molecule has 0 bridgehead atoms. The molecular weight excluding hydrogens is 242 g/mol. The first-order valence-electron chi connectivity index (χ1n) is 7.15. The van der Waals surface area contributed by atoms with Crippen LogP contribution in [0, 0.1) is 0 Å². The average molecular weight is 259 g/mol.